The van der Waals surface area contributed by atoms with E-state index in [9.17, 15) is 0 Å². The van der Waals surface area contributed by atoms with Crippen LogP contribution in [0, 0.1) is 5.92 Å². The van der Waals surface area contributed by atoms with Gasteiger partial charge in [-0.3, -0.25) is 0 Å². The predicted octanol–water partition coefficient (Wildman–Crippen LogP) is 4.91. The number of halogens is 1. The molecule has 2 nitrogen and oxygen atoms in total. The molecule has 1 aliphatic carbocycles. The zero-order chi connectivity index (χ0) is 15.1. The first kappa shape index (κ1) is 17.0. The summed E-state index contributed by atoms with van der Waals surface area (Å²) in [7, 11) is 0. The molecule has 1 aliphatic rings. The molecule has 0 saturated heterocycles. The highest BCUT2D eigenvalue weighted by Crippen LogP contribution is 2.35. The normalized spacial score (nSPS) is 26.0. The van der Waals surface area contributed by atoms with Crippen LogP contribution in [0.25, 0.3) is 0 Å². The first-order valence-electron chi connectivity index (χ1n) is 8.23. The molecule has 0 amide bonds. The zero-order valence-electron chi connectivity index (χ0n) is 13.3. The summed E-state index contributed by atoms with van der Waals surface area (Å²) in [5.74, 6) is 0.848. The minimum Gasteiger partial charge on any atom is -0.369 e. The maximum atomic E-state index is 6.41. The van der Waals surface area contributed by atoms with Crippen molar-refractivity contribution in [3.63, 3.8) is 0 Å². The smallest absolute Gasteiger partial charge is 0.0811 e. The van der Waals surface area contributed by atoms with Crippen LogP contribution in [-0.2, 0) is 11.3 Å². The second-order valence-electron chi connectivity index (χ2n) is 6.46. The molecule has 0 aliphatic heterocycles. The van der Waals surface area contributed by atoms with Crippen molar-refractivity contribution in [1.29, 1.82) is 0 Å². The van der Waals surface area contributed by atoms with Crippen molar-refractivity contribution >= 4 is 15.9 Å². The van der Waals surface area contributed by atoms with Crippen LogP contribution in [0.5, 0.6) is 0 Å². The average molecular weight is 354 g/mol. The van der Waals surface area contributed by atoms with E-state index in [4.69, 9.17) is 4.74 Å². The molecule has 1 aromatic rings. The molecule has 2 rings (SSSR count). The van der Waals surface area contributed by atoms with E-state index < -0.39 is 0 Å². The second kappa shape index (κ2) is 8.30. The Hall–Kier alpha value is -0.380. The van der Waals surface area contributed by atoms with Crippen molar-refractivity contribution in [2.45, 2.75) is 58.2 Å². The van der Waals surface area contributed by atoms with Crippen LogP contribution < -0.4 is 5.32 Å². The summed E-state index contributed by atoms with van der Waals surface area (Å²) in [5, 5.41) is 3.57. The highest BCUT2D eigenvalue weighted by atomic mass is 79.9. The Morgan fingerprint density at radius 1 is 1.24 bits per heavy atom. The second-order valence-corrected chi connectivity index (χ2v) is 7.37. The summed E-state index contributed by atoms with van der Waals surface area (Å²) in [6, 6.07) is 8.46. The number of nitrogens with one attached hydrogen (secondary N) is 1. The number of hydrogen-bond donors (Lipinski definition) is 1. The third-order valence-corrected chi connectivity index (χ3v) is 5.05. The molecule has 3 heteroatoms. The van der Waals surface area contributed by atoms with Gasteiger partial charge in [0.05, 0.1) is 12.2 Å². The molecule has 1 aromatic carbocycles. The van der Waals surface area contributed by atoms with Crippen molar-refractivity contribution in [1.82, 2.24) is 5.32 Å². The molecule has 118 valence electrons. The SMILES string of the molecule is CCCNCC1(OCc2ccc(Br)cc2)CCC(C)CC1. The van der Waals surface area contributed by atoms with Crippen molar-refractivity contribution in [2.24, 2.45) is 5.92 Å². The molecule has 1 fully saturated rings. The number of rotatable bonds is 7. The minimum absolute atomic E-state index is 0.0365. The fraction of sp³-hybridized carbons (Fsp3) is 0.667. The van der Waals surface area contributed by atoms with Crippen LogP contribution in [0.4, 0.5) is 0 Å². The third-order valence-electron chi connectivity index (χ3n) is 4.52. The first-order valence-corrected chi connectivity index (χ1v) is 9.02. The Morgan fingerprint density at radius 2 is 1.90 bits per heavy atom. The molecule has 0 atom stereocenters. The van der Waals surface area contributed by atoms with E-state index in [1.54, 1.807) is 0 Å². The lowest BCUT2D eigenvalue weighted by Gasteiger charge is -2.39. The monoisotopic (exact) mass is 353 g/mol. The van der Waals surface area contributed by atoms with Crippen LogP contribution in [0.1, 0.15) is 51.5 Å². The lowest BCUT2D eigenvalue weighted by molar-refractivity contribution is -0.0848. The fourth-order valence-corrected chi connectivity index (χ4v) is 3.23. The van der Waals surface area contributed by atoms with Crippen LogP contribution >= 0.6 is 15.9 Å². The summed E-state index contributed by atoms with van der Waals surface area (Å²) in [4.78, 5) is 0. The van der Waals surface area contributed by atoms with Gasteiger partial charge < -0.3 is 10.1 Å². The van der Waals surface area contributed by atoms with Gasteiger partial charge in [0.2, 0.25) is 0 Å². The van der Waals surface area contributed by atoms with Gasteiger partial charge in [-0.1, -0.05) is 41.9 Å². The molecular weight excluding hydrogens is 326 g/mol. The van der Waals surface area contributed by atoms with Gasteiger partial charge in [0.25, 0.3) is 0 Å². The van der Waals surface area contributed by atoms with Crippen molar-refractivity contribution in [2.75, 3.05) is 13.1 Å². The van der Waals surface area contributed by atoms with E-state index in [1.807, 2.05) is 0 Å². The molecule has 0 spiro atoms. The van der Waals surface area contributed by atoms with Crippen LogP contribution in [0.15, 0.2) is 28.7 Å². The topological polar surface area (TPSA) is 21.3 Å². The van der Waals surface area contributed by atoms with Crippen LogP contribution in [0.2, 0.25) is 0 Å². The van der Waals surface area contributed by atoms with Crippen molar-refractivity contribution in [3.05, 3.63) is 34.3 Å². The number of hydrogen-bond acceptors (Lipinski definition) is 2. The molecule has 0 bridgehead atoms. The van der Waals surface area contributed by atoms with Gasteiger partial charge in [0.15, 0.2) is 0 Å². The van der Waals surface area contributed by atoms with Gasteiger partial charge >= 0.3 is 0 Å². The summed E-state index contributed by atoms with van der Waals surface area (Å²) in [6.45, 7) is 7.36. The fourth-order valence-electron chi connectivity index (χ4n) is 2.97. The number of ether oxygens (including phenoxy) is 1. The van der Waals surface area contributed by atoms with Gasteiger partial charge in [-0.2, -0.15) is 0 Å². The third kappa shape index (κ3) is 5.39. The summed E-state index contributed by atoms with van der Waals surface area (Å²) in [6.07, 6.45) is 6.12. The standard InChI is InChI=1S/C18H28BrNO/c1-3-12-20-14-18(10-8-15(2)9-11-18)21-13-16-4-6-17(19)7-5-16/h4-7,15,20H,3,8-14H2,1-2H3. The Kier molecular flexibility index (Phi) is 6.72. The highest BCUT2D eigenvalue weighted by Gasteiger charge is 2.34. The minimum atomic E-state index is 0.0365. The van der Waals surface area contributed by atoms with E-state index in [1.165, 1.54) is 37.7 Å². The molecule has 21 heavy (non-hydrogen) atoms. The molecule has 0 unspecified atom stereocenters. The van der Waals surface area contributed by atoms with Crippen molar-refractivity contribution < 1.29 is 4.74 Å². The molecular formula is C18H28BrNO. The van der Waals surface area contributed by atoms with E-state index in [-0.39, 0.29) is 5.60 Å². The van der Waals surface area contributed by atoms with E-state index in [0.29, 0.717) is 0 Å². The van der Waals surface area contributed by atoms with Crippen LogP contribution in [-0.4, -0.2) is 18.7 Å². The molecule has 0 radical (unpaired) electrons. The maximum absolute atomic E-state index is 6.41. The lowest BCUT2D eigenvalue weighted by Crippen LogP contribution is -2.45. The summed E-state index contributed by atoms with van der Waals surface area (Å²) in [5.41, 5.74) is 1.29. The largest absolute Gasteiger partial charge is 0.369 e. The van der Waals surface area contributed by atoms with Gasteiger partial charge in [-0.25, -0.2) is 0 Å². The Bertz CT molecular complexity index is 410. The Morgan fingerprint density at radius 3 is 2.52 bits per heavy atom. The van der Waals surface area contributed by atoms with Gasteiger partial charge in [0, 0.05) is 11.0 Å². The molecule has 0 aromatic heterocycles. The summed E-state index contributed by atoms with van der Waals surface area (Å²) < 4.78 is 7.54. The average Bonchev–Trinajstić information content (AvgIpc) is 2.50. The molecule has 0 heterocycles. The predicted molar refractivity (Wildman–Crippen MR) is 92.5 cm³/mol. The van der Waals surface area contributed by atoms with E-state index in [2.05, 4.69) is 59.4 Å². The quantitative estimate of drug-likeness (QED) is 0.702. The van der Waals surface area contributed by atoms with Crippen molar-refractivity contribution in [3.8, 4) is 0 Å². The Labute approximate surface area is 137 Å². The molecule has 1 saturated carbocycles. The first-order chi connectivity index (χ1) is 10.1. The Balaban J connectivity index is 1.93. The maximum Gasteiger partial charge on any atom is 0.0811 e. The van der Waals surface area contributed by atoms with Gasteiger partial charge in [-0.15, -0.1) is 0 Å². The highest BCUT2D eigenvalue weighted by molar-refractivity contribution is 9.10. The number of benzene rings is 1. The van der Waals surface area contributed by atoms with Crippen LogP contribution in [0.3, 0.4) is 0 Å². The van der Waals surface area contributed by atoms with E-state index in [0.717, 1.165) is 30.1 Å². The van der Waals surface area contributed by atoms with E-state index >= 15 is 0 Å². The van der Waals surface area contributed by atoms with Gasteiger partial charge in [0.1, 0.15) is 0 Å². The van der Waals surface area contributed by atoms with Gasteiger partial charge in [-0.05, 0) is 62.3 Å². The summed E-state index contributed by atoms with van der Waals surface area (Å²) >= 11 is 3.48. The molecule has 1 N–H and O–H groups in total. The lowest BCUT2D eigenvalue weighted by atomic mass is 9.79. The zero-order valence-corrected chi connectivity index (χ0v) is 14.9.